The number of nitrogens with zero attached hydrogens (tertiary/aromatic N) is 4. The number of pyridine rings is 2. The summed E-state index contributed by atoms with van der Waals surface area (Å²) in [5.74, 6) is -0.0573. The molecule has 2 aromatic rings. The van der Waals surface area contributed by atoms with E-state index in [2.05, 4.69) is 26.5 Å². The van der Waals surface area contributed by atoms with Crippen molar-refractivity contribution in [2.75, 3.05) is 7.11 Å². The van der Waals surface area contributed by atoms with Crippen LogP contribution in [0.15, 0.2) is 71.5 Å². The molecular formula is C19H19N5O2. The number of aryl methyl sites for hydroxylation is 1. The highest BCUT2D eigenvalue weighted by molar-refractivity contribution is 6.09. The van der Waals surface area contributed by atoms with Gasteiger partial charge in [0, 0.05) is 18.1 Å². The maximum atomic E-state index is 11.9. The van der Waals surface area contributed by atoms with Gasteiger partial charge in [0.05, 0.1) is 12.8 Å². The van der Waals surface area contributed by atoms with E-state index in [1.54, 1.807) is 30.4 Å². The summed E-state index contributed by atoms with van der Waals surface area (Å²) in [7, 11) is 1.29. The van der Waals surface area contributed by atoms with Crippen LogP contribution >= 0.6 is 0 Å². The van der Waals surface area contributed by atoms with E-state index in [4.69, 9.17) is 10.5 Å². The third kappa shape index (κ3) is 4.94. The summed E-state index contributed by atoms with van der Waals surface area (Å²) >= 11 is 0. The highest BCUT2D eigenvalue weighted by Gasteiger charge is 2.12. The summed E-state index contributed by atoms with van der Waals surface area (Å²) in [6, 6.07) is 7.05. The summed E-state index contributed by atoms with van der Waals surface area (Å²) in [5.41, 5.74) is 8.00. The molecule has 2 heterocycles. The minimum Gasteiger partial charge on any atom is -0.465 e. The lowest BCUT2D eigenvalue weighted by Crippen LogP contribution is -2.17. The van der Waals surface area contributed by atoms with Crippen LogP contribution in [-0.4, -0.2) is 34.7 Å². The van der Waals surface area contributed by atoms with E-state index >= 15 is 0 Å². The van der Waals surface area contributed by atoms with Gasteiger partial charge in [-0.1, -0.05) is 24.8 Å². The first-order chi connectivity index (χ1) is 12.5. The molecule has 0 unspecified atom stereocenters. The van der Waals surface area contributed by atoms with Crippen LogP contribution in [0.5, 0.6) is 0 Å². The van der Waals surface area contributed by atoms with Crippen LogP contribution in [0.25, 0.3) is 0 Å². The molecule has 0 aliphatic rings. The number of esters is 1. The zero-order valence-electron chi connectivity index (χ0n) is 14.6. The van der Waals surface area contributed by atoms with Crippen LogP contribution < -0.4 is 5.73 Å². The van der Waals surface area contributed by atoms with E-state index in [0.29, 0.717) is 11.4 Å². The van der Waals surface area contributed by atoms with Crippen LogP contribution in [0, 0.1) is 6.92 Å². The molecular weight excluding hydrogens is 330 g/mol. The molecule has 132 valence electrons. The van der Waals surface area contributed by atoms with Gasteiger partial charge in [0.2, 0.25) is 0 Å². The number of aromatic nitrogens is 2. The lowest BCUT2D eigenvalue weighted by molar-refractivity contribution is 0.0601. The quantitative estimate of drug-likeness (QED) is 0.387. The second-order valence-corrected chi connectivity index (χ2v) is 5.11. The Balaban J connectivity index is 2.50. The van der Waals surface area contributed by atoms with Crippen LogP contribution in [0.2, 0.25) is 0 Å². The molecule has 2 rings (SSSR count). The number of ether oxygens (including phenoxy) is 1. The highest BCUT2D eigenvalue weighted by atomic mass is 16.5. The molecule has 2 aromatic heterocycles. The number of rotatable bonds is 5. The molecule has 0 bridgehead atoms. The van der Waals surface area contributed by atoms with Gasteiger partial charge in [-0.3, -0.25) is 4.98 Å². The van der Waals surface area contributed by atoms with Crippen LogP contribution in [0.3, 0.4) is 0 Å². The zero-order valence-corrected chi connectivity index (χ0v) is 14.6. The number of carbonyl (C=O) groups excluding carboxylic acids is 1. The Morgan fingerprint density at radius 3 is 2.85 bits per heavy atom. The second-order valence-electron chi connectivity index (χ2n) is 5.11. The molecule has 0 fully saturated rings. The molecule has 0 spiro atoms. The number of amidine groups is 2. The van der Waals surface area contributed by atoms with Crippen molar-refractivity contribution in [1.82, 2.24) is 9.97 Å². The summed E-state index contributed by atoms with van der Waals surface area (Å²) in [6.45, 7) is 5.49. The number of hydrogen-bond donors (Lipinski definition) is 1. The summed E-state index contributed by atoms with van der Waals surface area (Å²) in [6.07, 6.45) is 7.78. The maximum Gasteiger partial charge on any atom is 0.341 e. The lowest BCUT2D eigenvalue weighted by Gasteiger charge is -2.04. The Labute approximate surface area is 151 Å². The maximum absolute atomic E-state index is 11.9. The van der Waals surface area contributed by atoms with E-state index in [9.17, 15) is 4.79 Å². The molecule has 0 atom stereocenters. The Bertz CT molecular complexity index is 900. The van der Waals surface area contributed by atoms with Crippen molar-refractivity contribution < 1.29 is 9.53 Å². The largest absolute Gasteiger partial charge is 0.465 e. The number of nitrogens with two attached hydrogens (primary N) is 1. The highest BCUT2D eigenvalue weighted by Crippen LogP contribution is 2.19. The van der Waals surface area contributed by atoms with Crippen LogP contribution in [-0.2, 0) is 4.74 Å². The van der Waals surface area contributed by atoms with Gasteiger partial charge in [-0.05, 0) is 31.2 Å². The Hall–Kier alpha value is -3.61. The monoisotopic (exact) mass is 349 g/mol. The predicted octanol–water partition coefficient (Wildman–Crippen LogP) is 2.75. The fraction of sp³-hybridized carbons (Fsp3) is 0.105. The molecule has 0 aliphatic heterocycles. The number of carbonyl (C=O) groups is 1. The molecule has 0 aromatic carbocycles. The molecule has 0 aliphatic carbocycles. The SMILES string of the molecule is C=C/C=C/C(=Nc1ccncc1C(=O)OC)N=C(N)c1cccc(C)n1. The fourth-order valence-electron chi connectivity index (χ4n) is 2.00. The van der Waals surface area contributed by atoms with Gasteiger partial charge in [-0.2, -0.15) is 0 Å². The van der Waals surface area contributed by atoms with E-state index < -0.39 is 5.97 Å². The molecule has 0 radical (unpaired) electrons. The molecule has 0 amide bonds. The van der Waals surface area contributed by atoms with Gasteiger partial charge in [-0.25, -0.2) is 19.8 Å². The standard InChI is InChI=1S/C19H19N5O2/c1-4-5-9-17(24-18(20)16-8-6-7-13(2)22-16)23-15-10-11-21-12-14(15)19(25)26-3/h4-12H,1H2,2-3H3,(H2,20,21,23,24)/b9-5+. The van der Waals surface area contributed by atoms with E-state index in [1.807, 2.05) is 19.1 Å². The van der Waals surface area contributed by atoms with Crippen molar-refractivity contribution >= 4 is 23.3 Å². The first-order valence-corrected chi connectivity index (χ1v) is 7.73. The minimum atomic E-state index is -0.541. The number of methoxy groups -OCH3 is 1. The summed E-state index contributed by atoms with van der Waals surface area (Å²) < 4.78 is 4.75. The normalized spacial score (nSPS) is 12.2. The van der Waals surface area contributed by atoms with Gasteiger partial charge in [0.1, 0.15) is 11.3 Å². The molecule has 0 saturated heterocycles. The van der Waals surface area contributed by atoms with Gasteiger partial charge >= 0.3 is 5.97 Å². The first kappa shape index (κ1) is 18.7. The third-order valence-electron chi connectivity index (χ3n) is 3.21. The van der Waals surface area contributed by atoms with Crippen LogP contribution in [0.4, 0.5) is 5.69 Å². The molecule has 0 saturated carbocycles. The van der Waals surface area contributed by atoms with Crippen molar-refractivity contribution in [2.24, 2.45) is 15.7 Å². The van der Waals surface area contributed by atoms with Gasteiger partial charge in [0.15, 0.2) is 11.7 Å². The average Bonchev–Trinajstić information content (AvgIpc) is 2.65. The number of aliphatic imine (C=N–C) groups is 2. The third-order valence-corrected chi connectivity index (χ3v) is 3.21. The van der Waals surface area contributed by atoms with Crippen molar-refractivity contribution in [1.29, 1.82) is 0 Å². The topological polar surface area (TPSA) is 103 Å². The predicted molar refractivity (Wildman–Crippen MR) is 102 cm³/mol. The summed E-state index contributed by atoms with van der Waals surface area (Å²) in [5, 5.41) is 0. The van der Waals surface area contributed by atoms with E-state index in [0.717, 1.165) is 5.69 Å². The van der Waals surface area contributed by atoms with E-state index in [1.165, 1.54) is 19.5 Å². The minimum absolute atomic E-state index is 0.204. The van der Waals surface area contributed by atoms with Gasteiger partial charge in [0.25, 0.3) is 0 Å². The van der Waals surface area contributed by atoms with Gasteiger partial charge in [-0.15, -0.1) is 0 Å². The Kier molecular flexibility index (Phi) is 6.50. The number of hydrogen-bond acceptors (Lipinski definition) is 5. The van der Waals surface area contributed by atoms with Crippen molar-refractivity contribution in [2.45, 2.75) is 6.92 Å². The molecule has 7 heteroatoms. The average molecular weight is 349 g/mol. The van der Waals surface area contributed by atoms with Gasteiger partial charge < -0.3 is 10.5 Å². The Morgan fingerprint density at radius 2 is 2.15 bits per heavy atom. The smallest absolute Gasteiger partial charge is 0.341 e. The van der Waals surface area contributed by atoms with Crippen LogP contribution in [0.1, 0.15) is 21.7 Å². The zero-order chi connectivity index (χ0) is 18.9. The Morgan fingerprint density at radius 1 is 1.35 bits per heavy atom. The first-order valence-electron chi connectivity index (χ1n) is 7.73. The molecule has 7 nitrogen and oxygen atoms in total. The molecule has 2 N–H and O–H groups in total. The number of allylic oxidation sites excluding steroid dienone is 2. The van der Waals surface area contributed by atoms with Crippen molar-refractivity contribution in [3.05, 3.63) is 78.4 Å². The lowest BCUT2D eigenvalue weighted by atomic mass is 10.2. The summed E-state index contributed by atoms with van der Waals surface area (Å²) in [4.78, 5) is 28.9. The fourth-order valence-corrected chi connectivity index (χ4v) is 2.00. The second kappa shape index (κ2) is 9.03. The van der Waals surface area contributed by atoms with Crippen molar-refractivity contribution in [3.8, 4) is 0 Å². The van der Waals surface area contributed by atoms with E-state index in [-0.39, 0.29) is 17.2 Å². The molecule has 26 heavy (non-hydrogen) atoms. The van der Waals surface area contributed by atoms with Crippen molar-refractivity contribution in [3.63, 3.8) is 0 Å².